The molecule has 0 bridgehead atoms. The number of hydrogen-bond acceptors (Lipinski definition) is 7. The lowest BCUT2D eigenvalue weighted by molar-refractivity contribution is -0.163. The van der Waals surface area contributed by atoms with Crippen molar-refractivity contribution in [3.63, 3.8) is 0 Å². The fourth-order valence-electron chi connectivity index (χ4n) is 3.81. The van der Waals surface area contributed by atoms with Gasteiger partial charge in [0.05, 0.1) is 21.3 Å². The quantitative estimate of drug-likeness (QED) is 0.773. The first-order chi connectivity index (χ1) is 13.5. The fourth-order valence-corrected chi connectivity index (χ4v) is 3.81. The highest BCUT2D eigenvalue weighted by Crippen LogP contribution is 2.53. The number of rotatable bonds is 5. The third-order valence-electron chi connectivity index (χ3n) is 5.31. The molecule has 2 aromatic carbocycles. The standard InChI is InChI=1S/C21H24O7/c1-21(25-5)10-14(13-8-16-17(27-11-26-16)9-15(13)28-21)20-18(23-3)6-12(22-2)7-19(20)24-4/h6-9,14H,10-11H2,1-5H3/t14-,21-/m0/s1. The summed E-state index contributed by atoms with van der Waals surface area (Å²) in [5.41, 5.74) is 1.86. The molecule has 0 aromatic heterocycles. The van der Waals surface area contributed by atoms with Crippen LogP contribution in [0, 0.1) is 0 Å². The minimum Gasteiger partial charge on any atom is -0.496 e. The van der Waals surface area contributed by atoms with Gasteiger partial charge in [0.15, 0.2) is 11.5 Å². The molecule has 0 N–H and O–H groups in total. The number of hydrogen-bond donors (Lipinski definition) is 0. The van der Waals surface area contributed by atoms with Crippen LogP contribution < -0.4 is 28.4 Å². The Morgan fingerprint density at radius 1 is 0.857 bits per heavy atom. The number of fused-ring (bicyclic) bond motifs is 2. The van der Waals surface area contributed by atoms with Crippen molar-refractivity contribution in [1.82, 2.24) is 0 Å². The molecule has 0 saturated carbocycles. The summed E-state index contributed by atoms with van der Waals surface area (Å²) < 4.78 is 39.8. The summed E-state index contributed by atoms with van der Waals surface area (Å²) in [4.78, 5) is 0. The lowest BCUT2D eigenvalue weighted by Crippen LogP contribution is -2.40. The van der Waals surface area contributed by atoms with Crippen molar-refractivity contribution >= 4 is 0 Å². The van der Waals surface area contributed by atoms with Crippen molar-refractivity contribution in [3.8, 4) is 34.5 Å². The van der Waals surface area contributed by atoms with E-state index in [9.17, 15) is 0 Å². The molecule has 4 rings (SSSR count). The summed E-state index contributed by atoms with van der Waals surface area (Å²) in [5.74, 6) is 3.11. The van der Waals surface area contributed by atoms with Gasteiger partial charge in [0.2, 0.25) is 12.6 Å². The molecule has 2 aromatic rings. The molecule has 0 radical (unpaired) electrons. The van der Waals surface area contributed by atoms with Gasteiger partial charge in [-0.1, -0.05) is 0 Å². The molecule has 0 spiro atoms. The molecule has 2 aliphatic rings. The second kappa shape index (κ2) is 6.98. The van der Waals surface area contributed by atoms with E-state index in [1.54, 1.807) is 28.4 Å². The van der Waals surface area contributed by atoms with E-state index in [2.05, 4.69) is 0 Å². The Morgan fingerprint density at radius 3 is 2.07 bits per heavy atom. The molecule has 7 nitrogen and oxygen atoms in total. The van der Waals surface area contributed by atoms with E-state index in [1.165, 1.54) is 0 Å². The highest BCUT2D eigenvalue weighted by Gasteiger charge is 2.42. The summed E-state index contributed by atoms with van der Waals surface area (Å²) in [5, 5.41) is 0. The highest BCUT2D eigenvalue weighted by molar-refractivity contribution is 5.61. The Bertz CT molecular complexity index is 870. The lowest BCUT2D eigenvalue weighted by atomic mass is 9.82. The minimum atomic E-state index is -0.818. The van der Waals surface area contributed by atoms with Crippen molar-refractivity contribution in [2.75, 3.05) is 35.2 Å². The van der Waals surface area contributed by atoms with E-state index in [4.69, 9.17) is 33.2 Å². The maximum absolute atomic E-state index is 6.17. The zero-order chi connectivity index (χ0) is 19.9. The van der Waals surface area contributed by atoms with Crippen molar-refractivity contribution in [3.05, 3.63) is 35.4 Å². The molecule has 2 atom stereocenters. The van der Waals surface area contributed by atoms with Gasteiger partial charge in [0.1, 0.15) is 23.0 Å². The van der Waals surface area contributed by atoms with Crippen molar-refractivity contribution in [2.45, 2.75) is 25.0 Å². The molecule has 0 saturated heterocycles. The number of ether oxygens (including phenoxy) is 7. The average Bonchev–Trinajstić information content (AvgIpc) is 3.17. The molecule has 0 fully saturated rings. The summed E-state index contributed by atoms with van der Waals surface area (Å²) in [7, 11) is 6.51. The Kier molecular flexibility index (Phi) is 4.63. The largest absolute Gasteiger partial charge is 0.496 e. The first kappa shape index (κ1) is 18.6. The maximum Gasteiger partial charge on any atom is 0.231 e. The predicted octanol–water partition coefficient (Wildman–Crippen LogP) is 3.72. The van der Waals surface area contributed by atoms with Crippen LogP contribution in [-0.4, -0.2) is 41.0 Å². The summed E-state index contributed by atoms with van der Waals surface area (Å²) in [6.45, 7) is 2.11. The average molecular weight is 388 g/mol. The topological polar surface area (TPSA) is 64.6 Å². The highest BCUT2D eigenvalue weighted by atomic mass is 16.7. The van der Waals surface area contributed by atoms with Crippen molar-refractivity contribution in [1.29, 1.82) is 0 Å². The third kappa shape index (κ3) is 2.96. The van der Waals surface area contributed by atoms with Gasteiger partial charge in [-0.25, -0.2) is 0 Å². The Labute approximate surface area is 164 Å². The number of benzene rings is 2. The molecular formula is C21H24O7. The monoisotopic (exact) mass is 388 g/mol. The van der Waals surface area contributed by atoms with E-state index in [-0.39, 0.29) is 12.7 Å². The van der Waals surface area contributed by atoms with Gasteiger partial charge in [-0.3, -0.25) is 0 Å². The van der Waals surface area contributed by atoms with Crippen LogP contribution in [0.3, 0.4) is 0 Å². The number of methoxy groups -OCH3 is 4. The van der Waals surface area contributed by atoms with Crippen LogP contribution in [0.2, 0.25) is 0 Å². The van der Waals surface area contributed by atoms with E-state index in [0.717, 1.165) is 11.1 Å². The summed E-state index contributed by atoms with van der Waals surface area (Å²) in [6, 6.07) is 7.51. The van der Waals surface area contributed by atoms with E-state index < -0.39 is 5.79 Å². The van der Waals surface area contributed by atoms with E-state index in [1.807, 2.05) is 31.2 Å². The van der Waals surface area contributed by atoms with Crippen LogP contribution in [0.5, 0.6) is 34.5 Å². The second-order valence-electron chi connectivity index (χ2n) is 6.89. The molecule has 28 heavy (non-hydrogen) atoms. The van der Waals surface area contributed by atoms with Crippen LogP contribution in [-0.2, 0) is 4.74 Å². The second-order valence-corrected chi connectivity index (χ2v) is 6.89. The Morgan fingerprint density at radius 2 is 1.50 bits per heavy atom. The van der Waals surface area contributed by atoms with Gasteiger partial charge in [-0.05, 0) is 6.07 Å². The summed E-state index contributed by atoms with van der Waals surface area (Å²) in [6.07, 6.45) is 0.565. The van der Waals surface area contributed by atoms with Gasteiger partial charge in [-0.15, -0.1) is 0 Å². The Balaban J connectivity index is 1.93. The molecule has 0 aliphatic carbocycles. The molecule has 0 amide bonds. The van der Waals surface area contributed by atoms with Crippen molar-refractivity contribution < 1.29 is 33.2 Å². The first-order valence-electron chi connectivity index (χ1n) is 8.99. The van der Waals surface area contributed by atoms with Crippen LogP contribution in [0.1, 0.15) is 30.4 Å². The zero-order valence-corrected chi connectivity index (χ0v) is 16.7. The maximum atomic E-state index is 6.17. The molecule has 2 heterocycles. The van der Waals surface area contributed by atoms with Gasteiger partial charge in [0, 0.05) is 55.7 Å². The smallest absolute Gasteiger partial charge is 0.231 e. The van der Waals surface area contributed by atoms with Crippen LogP contribution in [0.25, 0.3) is 0 Å². The van der Waals surface area contributed by atoms with Crippen LogP contribution >= 0.6 is 0 Å². The van der Waals surface area contributed by atoms with Crippen LogP contribution in [0.4, 0.5) is 0 Å². The van der Waals surface area contributed by atoms with Crippen molar-refractivity contribution in [2.24, 2.45) is 0 Å². The Hall–Kier alpha value is -2.80. The van der Waals surface area contributed by atoms with E-state index in [0.29, 0.717) is 40.9 Å². The normalized spacial score (nSPS) is 22.2. The molecule has 7 heteroatoms. The molecule has 2 aliphatic heterocycles. The minimum absolute atomic E-state index is 0.112. The molecule has 0 unspecified atom stereocenters. The van der Waals surface area contributed by atoms with E-state index >= 15 is 0 Å². The van der Waals surface area contributed by atoms with Gasteiger partial charge >= 0.3 is 0 Å². The summed E-state index contributed by atoms with van der Waals surface area (Å²) >= 11 is 0. The van der Waals surface area contributed by atoms with Gasteiger partial charge in [0.25, 0.3) is 0 Å². The first-order valence-corrected chi connectivity index (χ1v) is 8.99. The fraction of sp³-hybridized carbons (Fsp3) is 0.429. The lowest BCUT2D eigenvalue weighted by Gasteiger charge is -2.39. The van der Waals surface area contributed by atoms with Crippen LogP contribution in [0.15, 0.2) is 24.3 Å². The zero-order valence-electron chi connectivity index (χ0n) is 16.7. The molecule has 150 valence electrons. The van der Waals surface area contributed by atoms with Gasteiger partial charge in [-0.2, -0.15) is 0 Å². The third-order valence-corrected chi connectivity index (χ3v) is 5.31. The van der Waals surface area contributed by atoms with Gasteiger partial charge < -0.3 is 33.2 Å². The SMILES string of the molecule is COc1cc(OC)c([C@H]2C[C@@](C)(OC)Oc3cc4c(cc32)OCO4)c(OC)c1. The predicted molar refractivity (Wildman–Crippen MR) is 101 cm³/mol. The molecular weight excluding hydrogens is 364 g/mol.